The zero-order valence-corrected chi connectivity index (χ0v) is 10.9. The molecule has 0 N–H and O–H groups in total. The topological polar surface area (TPSA) is 12.4 Å². The van der Waals surface area contributed by atoms with Crippen molar-refractivity contribution in [1.82, 2.24) is 0 Å². The van der Waals surface area contributed by atoms with Crippen LogP contribution in [-0.4, -0.2) is 31.9 Å². The van der Waals surface area contributed by atoms with E-state index in [1.54, 1.807) is 0 Å². The van der Waals surface area contributed by atoms with E-state index < -0.39 is 0 Å². The smallest absolute Gasteiger partial charge is 0.0923 e. The van der Waals surface area contributed by atoms with Crippen molar-refractivity contribution in [2.24, 2.45) is 11.0 Å². The Kier molecular flexibility index (Phi) is 5.80. The lowest BCUT2D eigenvalue weighted by Crippen LogP contribution is -3.00. The van der Waals surface area contributed by atoms with Gasteiger partial charge in [0.25, 0.3) is 0 Å². The number of halogens is 1. The summed E-state index contributed by atoms with van der Waals surface area (Å²) in [5.74, 6) is 0.673. The molecule has 0 amide bonds. The number of quaternary nitrogens is 1. The number of hydrogen-bond donors (Lipinski definition) is 0. The Bertz CT molecular complexity index is 192. The number of hydrogen-bond acceptors (Lipinski definition) is 1. The minimum absolute atomic E-state index is 0. The Morgan fingerprint density at radius 2 is 2.00 bits per heavy atom. The van der Waals surface area contributed by atoms with Crippen LogP contribution in [0.5, 0.6) is 0 Å². The molecule has 1 aliphatic carbocycles. The highest BCUT2D eigenvalue weighted by Gasteiger charge is 2.09. The molecule has 0 heterocycles. The van der Waals surface area contributed by atoms with E-state index in [1.807, 2.05) is 0 Å². The third kappa shape index (κ3) is 6.21. The number of nitrogens with zero attached hydrogens (tertiary/aromatic N) is 2. The average molecular weight is 294 g/mol. The SMILES string of the molecule is C[N+](C)(C)/N=C\C1CC=CCC1.[I-]. The van der Waals surface area contributed by atoms with Gasteiger partial charge in [0.2, 0.25) is 0 Å². The summed E-state index contributed by atoms with van der Waals surface area (Å²) in [5, 5.41) is 4.46. The maximum Gasteiger partial charge on any atom is 0.0923 e. The lowest BCUT2D eigenvalue weighted by atomic mass is 9.96. The first kappa shape index (κ1) is 13.1. The number of allylic oxidation sites excluding steroid dienone is 2. The fourth-order valence-corrected chi connectivity index (χ4v) is 1.25. The summed E-state index contributed by atoms with van der Waals surface area (Å²) in [7, 11) is 6.24. The molecule has 0 aromatic rings. The van der Waals surface area contributed by atoms with E-state index in [9.17, 15) is 0 Å². The minimum atomic E-state index is 0. The van der Waals surface area contributed by atoms with Gasteiger partial charge in [0.05, 0.1) is 27.4 Å². The molecule has 3 heteroatoms. The van der Waals surface area contributed by atoms with Gasteiger partial charge in [-0.3, -0.25) is 0 Å². The van der Waals surface area contributed by atoms with Crippen LogP contribution < -0.4 is 24.0 Å². The summed E-state index contributed by atoms with van der Waals surface area (Å²) in [6, 6.07) is 0. The molecule has 0 aliphatic heterocycles. The molecule has 0 bridgehead atoms. The van der Waals surface area contributed by atoms with Crippen LogP contribution in [0.3, 0.4) is 0 Å². The van der Waals surface area contributed by atoms with Gasteiger partial charge in [-0.2, -0.15) is 0 Å². The van der Waals surface area contributed by atoms with Crippen LogP contribution in [0, 0.1) is 5.92 Å². The Balaban J connectivity index is 0.00000144. The maximum absolute atomic E-state index is 4.46. The van der Waals surface area contributed by atoms with Gasteiger partial charge in [-0.15, -0.1) is 0 Å². The molecule has 0 aromatic carbocycles. The summed E-state index contributed by atoms with van der Waals surface area (Å²) in [6.45, 7) is 0. The fraction of sp³-hybridized carbons (Fsp3) is 0.700. The molecule has 13 heavy (non-hydrogen) atoms. The first-order chi connectivity index (χ1) is 5.58. The van der Waals surface area contributed by atoms with Crippen molar-refractivity contribution in [3.63, 3.8) is 0 Å². The summed E-state index contributed by atoms with van der Waals surface area (Å²) in [6.07, 6.45) is 10.3. The molecule has 0 fully saturated rings. The summed E-state index contributed by atoms with van der Waals surface area (Å²) in [5.41, 5.74) is 0. The highest BCUT2D eigenvalue weighted by molar-refractivity contribution is 5.60. The molecule has 1 aliphatic rings. The van der Waals surface area contributed by atoms with E-state index in [-0.39, 0.29) is 24.0 Å². The van der Waals surface area contributed by atoms with Gasteiger partial charge in [0, 0.05) is 5.92 Å². The number of rotatable bonds is 2. The standard InChI is InChI=1S/C10H19N2.HI/c1-12(2,3)11-9-10-7-5-4-6-8-10;/h4-5,9-10H,6-8H2,1-3H3;1H/q+1;/p-1/b11-9-;. The first-order valence-electron chi connectivity index (χ1n) is 4.60. The van der Waals surface area contributed by atoms with Crippen LogP contribution in [0.4, 0.5) is 0 Å². The van der Waals surface area contributed by atoms with Gasteiger partial charge in [0.15, 0.2) is 0 Å². The zero-order chi connectivity index (χ0) is 9.03. The summed E-state index contributed by atoms with van der Waals surface area (Å²) < 4.78 is 0.681. The van der Waals surface area contributed by atoms with E-state index in [2.05, 4.69) is 44.6 Å². The van der Waals surface area contributed by atoms with E-state index in [0.717, 1.165) is 0 Å². The van der Waals surface area contributed by atoms with Crippen LogP contribution in [-0.2, 0) is 0 Å². The Morgan fingerprint density at radius 3 is 2.46 bits per heavy atom. The van der Waals surface area contributed by atoms with Crippen LogP contribution >= 0.6 is 0 Å². The minimum Gasteiger partial charge on any atom is -1.00 e. The normalized spacial score (nSPS) is 23.2. The average Bonchev–Trinajstić information content (AvgIpc) is 2.02. The molecule has 1 rings (SSSR count). The van der Waals surface area contributed by atoms with Crippen molar-refractivity contribution in [2.45, 2.75) is 19.3 Å². The maximum atomic E-state index is 4.46. The lowest BCUT2D eigenvalue weighted by Gasteiger charge is -2.17. The molecule has 0 aromatic heterocycles. The predicted octanol–water partition coefficient (Wildman–Crippen LogP) is -0.961. The van der Waals surface area contributed by atoms with Gasteiger partial charge < -0.3 is 24.0 Å². The second-order valence-corrected chi connectivity index (χ2v) is 4.25. The van der Waals surface area contributed by atoms with Gasteiger partial charge in [-0.1, -0.05) is 17.3 Å². The van der Waals surface area contributed by atoms with E-state index >= 15 is 0 Å². The molecular formula is C10H19IN2. The molecule has 2 nitrogen and oxygen atoms in total. The molecule has 0 radical (unpaired) electrons. The highest BCUT2D eigenvalue weighted by Crippen LogP contribution is 2.16. The van der Waals surface area contributed by atoms with Crippen molar-refractivity contribution in [3.8, 4) is 0 Å². The molecule has 0 saturated carbocycles. The van der Waals surface area contributed by atoms with E-state index in [4.69, 9.17) is 0 Å². The van der Waals surface area contributed by atoms with Crippen molar-refractivity contribution >= 4 is 6.21 Å². The van der Waals surface area contributed by atoms with Crippen LogP contribution in [0.25, 0.3) is 0 Å². The molecular weight excluding hydrogens is 275 g/mol. The van der Waals surface area contributed by atoms with Crippen LogP contribution in [0.15, 0.2) is 17.3 Å². The third-order valence-electron chi connectivity index (χ3n) is 1.93. The van der Waals surface area contributed by atoms with E-state index in [0.29, 0.717) is 10.5 Å². The summed E-state index contributed by atoms with van der Waals surface area (Å²) >= 11 is 0. The second kappa shape index (κ2) is 5.75. The lowest BCUT2D eigenvalue weighted by molar-refractivity contribution is -0.876. The van der Waals surface area contributed by atoms with Crippen molar-refractivity contribution in [1.29, 1.82) is 0 Å². The zero-order valence-electron chi connectivity index (χ0n) is 8.70. The molecule has 1 unspecified atom stereocenters. The van der Waals surface area contributed by atoms with Crippen molar-refractivity contribution < 1.29 is 28.6 Å². The summed E-state index contributed by atoms with van der Waals surface area (Å²) in [4.78, 5) is 0. The molecule has 0 spiro atoms. The van der Waals surface area contributed by atoms with Gasteiger partial charge in [-0.05, 0) is 19.3 Å². The Morgan fingerprint density at radius 1 is 1.31 bits per heavy atom. The quantitative estimate of drug-likeness (QED) is 0.204. The highest BCUT2D eigenvalue weighted by atomic mass is 127. The monoisotopic (exact) mass is 294 g/mol. The van der Waals surface area contributed by atoms with Crippen molar-refractivity contribution in [3.05, 3.63) is 12.2 Å². The Hall–Kier alpha value is 0.100. The van der Waals surface area contributed by atoms with Crippen LogP contribution in [0.2, 0.25) is 0 Å². The Labute approximate surface area is 98.3 Å². The van der Waals surface area contributed by atoms with E-state index in [1.165, 1.54) is 19.3 Å². The molecule has 0 saturated heterocycles. The second-order valence-electron chi connectivity index (χ2n) is 4.25. The first-order valence-corrected chi connectivity index (χ1v) is 4.60. The predicted molar refractivity (Wildman–Crippen MR) is 53.0 cm³/mol. The fourth-order valence-electron chi connectivity index (χ4n) is 1.25. The largest absolute Gasteiger partial charge is 1.00 e. The molecule has 76 valence electrons. The molecule has 1 atom stereocenters. The third-order valence-corrected chi connectivity index (χ3v) is 1.93. The van der Waals surface area contributed by atoms with Gasteiger partial charge in [-0.25, -0.2) is 4.59 Å². The van der Waals surface area contributed by atoms with Crippen molar-refractivity contribution in [2.75, 3.05) is 21.1 Å². The van der Waals surface area contributed by atoms with Gasteiger partial charge in [0.1, 0.15) is 0 Å². The van der Waals surface area contributed by atoms with Gasteiger partial charge >= 0.3 is 0 Å². The van der Waals surface area contributed by atoms with Crippen LogP contribution in [0.1, 0.15) is 19.3 Å².